The first-order chi connectivity index (χ1) is 9.51. The van der Waals surface area contributed by atoms with Gasteiger partial charge >= 0.3 is 5.97 Å². The lowest BCUT2D eigenvalue weighted by Crippen LogP contribution is -2.02. The Kier molecular flexibility index (Phi) is 3.62. The SMILES string of the molecule is Cc1ccc(C#N)c(Oc2ccc(F)cc2C(=O)O)n1. The quantitative estimate of drug-likeness (QED) is 0.928. The molecule has 0 aliphatic carbocycles. The Morgan fingerprint density at radius 1 is 1.40 bits per heavy atom. The van der Waals surface area contributed by atoms with E-state index in [0.29, 0.717) is 5.69 Å². The number of carbonyl (C=O) groups is 1. The molecule has 0 radical (unpaired) electrons. The van der Waals surface area contributed by atoms with E-state index in [1.54, 1.807) is 13.0 Å². The van der Waals surface area contributed by atoms with E-state index in [0.717, 1.165) is 12.1 Å². The van der Waals surface area contributed by atoms with Crippen LogP contribution in [0.1, 0.15) is 21.6 Å². The average Bonchev–Trinajstić information content (AvgIpc) is 2.41. The molecule has 1 heterocycles. The lowest BCUT2D eigenvalue weighted by Gasteiger charge is -2.09. The van der Waals surface area contributed by atoms with Crippen LogP contribution >= 0.6 is 0 Å². The van der Waals surface area contributed by atoms with Crippen LogP contribution in [-0.4, -0.2) is 16.1 Å². The zero-order valence-electron chi connectivity index (χ0n) is 10.4. The van der Waals surface area contributed by atoms with Crippen LogP contribution in [0.3, 0.4) is 0 Å². The molecule has 20 heavy (non-hydrogen) atoms. The summed E-state index contributed by atoms with van der Waals surface area (Å²) in [6.07, 6.45) is 0. The maximum absolute atomic E-state index is 13.1. The highest BCUT2D eigenvalue weighted by molar-refractivity contribution is 5.91. The number of aromatic nitrogens is 1. The molecule has 1 aromatic heterocycles. The molecular weight excluding hydrogens is 263 g/mol. The van der Waals surface area contributed by atoms with Crippen LogP contribution < -0.4 is 4.74 Å². The van der Waals surface area contributed by atoms with Crippen LogP contribution in [0.15, 0.2) is 30.3 Å². The number of carboxylic acid groups (broad SMARTS) is 1. The number of halogens is 1. The molecule has 0 fully saturated rings. The van der Waals surface area contributed by atoms with Gasteiger partial charge in [-0.1, -0.05) is 0 Å². The van der Waals surface area contributed by atoms with Gasteiger partial charge in [-0.15, -0.1) is 0 Å². The normalized spacial score (nSPS) is 9.85. The summed E-state index contributed by atoms with van der Waals surface area (Å²) in [5.74, 6) is -2.10. The predicted molar refractivity (Wildman–Crippen MR) is 67.1 cm³/mol. The lowest BCUT2D eigenvalue weighted by molar-refractivity contribution is 0.0693. The number of hydrogen-bond donors (Lipinski definition) is 1. The van der Waals surface area contributed by atoms with Gasteiger partial charge in [-0.3, -0.25) is 0 Å². The molecule has 0 saturated carbocycles. The number of aryl methyl sites for hydroxylation is 1. The second-order valence-electron chi connectivity index (χ2n) is 3.96. The molecule has 6 heteroatoms. The maximum atomic E-state index is 13.1. The van der Waals surface area contributed by atoms with Crippen LogP contribution in [0.25, 0.3) is 0 Å². The van der Waals surface area contributed by atoms with E-state index in [-0.39, 0.29) is 22.8 Å². The summed E-state index contributed by atoms with van der Waals surface area (Å²) in [6, 6.07) is 8.15. The van der Waals surface area contributed by atoms with E-state index in [1.807, 2.05) is 6.07 Å². The molecular formula is C14H9FN2O3. The summed E-state index contributed by atoms with van der Waals surface area (Å²) in [7, 11) is 0. The highest BCUT2D eigenvalue weighted by atomic mass is 19.1. The van der Waals surface area contributed by atoms with E-state index in [4.69, 9.17) is 15.1 Å². The summed E-state index contributed by atoms with van der Waals surface area (Å²) in [5, 5.41) is 18.0. The van der Waals surface area contributed by atoms with Crippen molar-refractivity contribution in [1.82, 2.24) is 4.98 Å². The van der Waals surface area contributed by atoms with Crippen molar-refractivity contribution < 1.29 is 19.0 Å². The monoisotopic (exact) mass is 272 g/mol. The summed E-state index contributed by atoms with van der Waals surface area (Å²) in [6.45, 7) is 1.71. The Labute approximate surface area is 113 Å². The zero-order valence-corrected chi connectivity index (χ0v) is 10.4. The standard InChI is InChI=1S/C14H9FN2O3/c1-8-2-3-9(7-16)13(17-8)20-12-5-4-10(15)6-11(12)14(18)19/h2-6H,1H3,(H,18,19). The number of aromatic carboxylic acids is 1. The van der Waals surface area contributed by atoms with Crippen molar-refractivity contribution in [3.8, 4) is 17.7 Å². The first-order valence-corrected chi connectivity index (χ1v) is 5.59. The Bertz CT molecular complexity index is 723. The van der Waals surface area contributed by atoms with Crippen molar-refractivity contribution in [3.63, 3.8) is 0 Å². The van der Waals surface area contributed by atoms with Gasteiger partial charge in [-0.2, -0.15) is 5.26 Å². The highest BCUT2D eigenvalue weighted by Gasteiger charge is 2.15. The van der Waals surface area contributed by atoms with Crippen molar-refractivity contribution in [2.24, 2.45) is 0 Å². The Morgan fingerprint density at radius 2 is 2.15 bits per heavy atom. The molecule has 1 N–H and O–H groups in total. The van der Waals surface area contributed by atoms with Gasteiger partial charge in [0.15, 0.2) is 0 Å². The molecule has 0 spiro atoms. The van der Waals surface area contributed by atoms with Gasteiger partial charge in [0.2, 0.25) is 5.88 Å². The lowest BCUT2D eigenvalue weighted by atomic mass is 10.2. The molecule has 100 valence electrons. The largest absolute Gasteiger partial charge is 0.478 e. The number of hydrogen-bond acceptors (Lipinski definition) is 4. The Balaban J connectivity index is 2.48. The fourth-order valence-corrected chi connectivity index (χ4v) is 1.56. The molecule has 5 nitrogen and oxygen atoms in total. The third kappa shape index (κ3) is 2.72. The highest BCUT2D eigenvalue weighted by Crippen LogP contribution is 2.27. The first-order valence-electron chi connectivity index (χ1n) is 5.59. The fourth-order valence-electron chi connectivity index (χ4n) is 1.56. The number of rotatable bonds is 3. The third-order valence-corrected chi connectivity index (χ3v) is 2.50. The summed E-state index contributed by atoms with van der Waals surface area (Å²) in [5.41, 5.74) is 0.437. The second-order valence-corrected chi connectivity index (χ2v) is 3.96. The summed E-state index contributed by atoms with van der Waals surface area (Å²) < 4.78 is 18.4. The van der Waals surface area contributed by atoms with Crippen LogP contribution in [0.4, 0.5) is 4.39 Å². The van der Waals surface area contributed by atoms with E-state index in [9.17, 15) is 9.18 Å². The van der Waals surface area contributed by atoms with Gasteiger partial charge in [-0.05, 0) is 37.3 Å². The average molecular weight is 272 g/mol. The van der Waals surface area contributed by atoms with E-state index in [2.05, 4.69) is 4.98 Å². The summed E-state index contributed by atoms with van der Waals surface area (Å²) in [4.78, 5) is 15.1. The molecule has 1 aromatic carbocycles. The number of benzene rings is 1. The van der Waals surface area contributed by atoms with Crippen LogP contribution in [0.2, 0.25) is 0 Å². The van der Waals surface area contributed by atoms with Crippen molar-refractivity contribution in [2.75, 3.05) is 0 Å². The fraction of sp³-hybridized carbons (Fsp3) is 0.0714. The van der Waals surface area contributed by atoms with Gasteiger partial charge in [0.25, 0.3) is 0 Å². The topological polar surface area (TPSA) is 83.2 Å². The molecule has 0 aliphatic heterocycles. The van der Waals surface area contributed by atoms with Crippen LogP contribution in [0, 0.1) is 24.1 Å². The minimum absolute atomic E-state index is 0.0124. The van der Waals surface area contributed by atoms with Crippen LogP contribution in [-0.2, 0) is 0 Å². The Hall–Kier alpha value is -2.94. The van der Waals surface area contributed by atoms with E-state index in [1.165, 1.54) is 12.1 Å². The molecule has 2 aromatic rings. The smallest absolute Gasteiger partial charge is 0.339 e. The number of pyridine rings is 1. The Morgan fingerprint density at radius 3 is 2.80 bits per heavy atom. The predicted octanol–water partition coefficient (Wildman–Crippen LogP) is 2.89. The molecule has 0 atom stereocenters. The number of nitriles is 1. The van der Waals surface area contributed by atoms with Gasteiger partial charge in [0.05, 0.1) is 0 Å². The van der Waals surface area contributed by atoms with Crippen LogP contribution in [0.5, 0.6) is 11.6 Å². The molecule has 2 rings (SSSR count). The van der Waals surface area contributed by atoms with E-state index >= 15 is 0 Å². The summed E-state index contributed by atoms with van der Waals surface area (Å²) >= 11 is 0. The number of carboxylic acids is 1. The minimum Gasteiger partial charge on any atom is -0.478 e. The first kappa shape index (κ1) is 13.5. The molecule has 0 amide bonds. The van der Waals surface area contributed by atoms with E-state index < -0.39 is 11.8 Å². The van der Waals surface area contributed by atoms with Crippen molar-refractivity contribution in [3.05, 3.63) is 53.0 Å². The van der Waals surface area contributed by atoms with Crippen molar-refractivity contribution in [1.29, 1.82) is 5.26 Å². The second kappa shape index (κ2) is 5.36. The third-order valence-electron chi connectivity index (χ3n) is 2.50. The van der Waals surface area contributed by atoms with Gasteiger partial charge in [0, 0.05) is 5.69 Å². The zero-order chi connectivity index (χ0) is 14.7. The van der Waals surface area contributed by atoms with Gasteiger partial charge in [-0.25, -0.2) is 14.2 Å². The van der Waals surface area contributed by atoms with Crippen molar-refractivity contribution in [2.45, 2.75) is 6.92 Å². The number of ether oxygens (including phenoxy) is 1. The molecule has 0 saturated heterocycles. The maximum Gasteiger partial charge on any atom is 0.339 e. The van der Waals surface area contributed by atoms with Gasteiger partial charge < -0.3 is 9.84 Å². The number of nitrogens with zero attached hydrogens (tertiary/aromatic N) is 2. The van der Waals surface area contributed by atoms with Crippen molar-refractivity contribution >= 4 is 5.97 Å². The minimum atomic E-state index is -1.33. The molecule has 0 aliphatic rings. The van der Waals surface area contributed by atoms with Gasteiger partial charge in [0.1, 0.15) is 28.8 Å². The molecule has 0 unspecified atom stereocenters. The molecule has 0 bridgehead atoms.